The summed E-state index contributed by atoms with van der Waals surface area (Å²) in [4.78, 5) is 2.49. The standard InChI is InChI=1S/C80H51NO2/c1-2-21-52(22-3-1)53-41-43-54(44-42-53)59-25-6-14-35-73(59)81(58-24-20-23-55(49-58)56-45-47-63-61-27-4-8-29-65(61)79(71(63)50-56)67-31-10-16-37-75(67)82-76-38-17-11-32-68(76)79)74-36-15-7-26-60(74)57-46-48-64-62-28-5-9-30-66(62)80(72(64)51-57)69-33-12-18-39-77(69)83-78-40-19-13-34-70(78)80/h1-51H. The minimum Gasteiger partial charge on any atom is -0.457 e. The van der Waals surface area contributed by atoms with Gasteiger partial charge in [0.05, 0.1) is 22.2 Å². The normalized spacial score (nSPS) is 13.7. The molecule has 2 heterocycles. The molecule has 0 atom stereocenters. The highest BCUT2D eigenvalue weighted by atomic mass is 16.5. The molecule has 3 nitrogen and oxygen atoms in total. The highest BCUT2D eigenvalue weighted by molar-refractivity contribution is 5.97. The van der Waals surface area contributed by atoms with E-state index in [1.807, 2.05) is 0 Å². The van der Waals surface area contributed by atoms with Gasteiger partial charge in [0.1, 0.15) is 23.0 Å². The fourth-order valence-corrected chi connectivity index (χ4v) is 14.6. The van der Waals surface area contributed by atoms with Crippen LogP contribution < -0.4 is 14.4 Å². The van der Waals surface area contributed by atoms with Gasteiger partial charge in [-0.05, 0) is 139 Å². The van der Waals surface area contributed by atoms with E-state index in [1.54, 1.807) is 0 Å². The number of rotatable bonds is 7. The van der Waals surface area contributed by atoms with Gasteiger partial charge in [0, 0.05) is 39.1 Å². The molecule has 83 heavy (non-hydrogen) atoms. The van der Waals surface area contributed by atoms with Crippen LogP contribution in [0.15, 0.2) is 309 Å². The first-order chi connectivity index (χ1) is 41.2. The van der Waals surface area contributed by atoms with E-state index >= 15 is 0 Å². The average molecular weight is 1060 g/mol. The third-order valence-corrected chi connectivity index (χ3v) is 18.0. The van der Waals surface area contributed by atoms with E-state index in [-0.39, 0.29) is 0 Å². The minimum atomic E-state index is -0.612. The molecule has 0 bridgehead atoms. The highest BCUT2D eigenvalue weighted by Crippen LogP contribution is 2.64. The Morgan fingerprint density at radius 3 is 1.06 bits per heavy atom. The van der Waals surface area contributed by atoms with Crippen LogP contribution in [0.2, 0.25) is 0 Å². The number of hydrogen-bond donors (Lipinski definition) is 0. The van der Waals surface area contributed by atoms with Gasteiger partial charge in [-0.25, -0.2) is 0 Å². The van der Waals surface area contributed by atoms with Gasteiger partial charge >= 0.3 is 0 Å². The summed E-state index contributed by atoms with van der Waals surface area (Å²) < 4.78 is 13.5. The van der Waals surface area contributed by atoms with Gasteiger partial charge in [-0.1, -0.05) is 249 Å². The second-order valence-electron chi connectivity index (χ2n) is 22.2. The molecule has 17 rings (SSSR count). The van der Waals surface area contributed by atoms with Crippen molar-refractivity contribution in [2.75, 3.05) is 4.90 Å². The summed E-state index contributed by atoms with van der Waals surface area (Å²) in [5, 5.41) is 0. The second-order valence-corrected chi connectivity index (χ2v) is 22.2. The van der Waals surface area contributed by atoms with Crippen molar-refractivity contribution in [3.05, 3.63) is 354 Å². The summed E-state index contributed by atoms with van der Waals surface area (Å²) >= 11 is 0. The first-order valence-corrected chi connectivity index (χ1v) is 28.6. The van der Waals surface area contributed by atoms with Gasteiger partial charge < -0.3 is 14.4 Å². The fourth-order valence-electron chi connectivity index (χ4n) is 14.6. The van der Waals surface area contributed by atoms with Crippen LogP contribution >= 0.6 is 0 Å². The van der Waals surface area contributed by atoms with Crippen molar-refractivity contribution >= 4 is 17.1 Å². The van der Waals surface area contributed by atoms with E-state index < -0.39 is 10.8 Å². The van der Waals surface area contributed by atoms with Crippen LogP contribution in [0.1, 0.15) is 44.5 Å². The quantitative estimate of drug-likeness (QED) is 0.159. The van der Waals surface area contributed by atoms with Crippen molar-refractivity contribution < 1.29 is 9.47 Å². The lowest BCUT2D eigenvalue weighted by atomic mass is 9.66. The Balaban J connectivity index is 0.870. The molecule has 2 spiro atoms. The number of benzene rings is 13. The molecule has 0 amide bonds. The van der Waals surface area contributed by atoms with Crippen LogP contribution in [0.25, 0.3) is 66.8 Å². The summed E-state index contributed by atoms with van der Waals surface area (Å²) in [5.41, 5.74) is 25.7. The van der Waals surface area contributed by atoms with Gasteiger partial charge in [-0.2, -0.15) is 0 Å². The maximum atomic E-state index is 6.76. The molecular weight excluding hydrogens is 1010 g/mol. The van der Waals surface area contributed by atoms with Gasteiger partial charge in [-0.15, -0.1) is 0 Å². The largest absolute Gasteiger partial charge is 0.457 e. The zero-order chi connectivity index (χ0) is 54.6. The van der Waals surface area contributed by atoms with Crippen LogP contribution in [0.5, 0.6) is 23.0 Å². The summed E-state index contributed by atoms with van der Waals surface area (Å²) in [5.74, 6) is 3.53. The zero-order valence-electron chi connectivity index (χ0n) is 45.2. The number of anilines is 3. The van der Waals surface area contributed by atoms with Crippen molar-refractivity contribution in [2.24, 2.45) is 0 Å². The molecule has 4 aliphatic rings. The number of ether oxygens (including phenoxy) is 2. The maximum Gasteiger partial charge on any atom is 0.132 e. The van der Waals surface area contributed by atoms with Crippen LogP contribution in [-0.4, -0.2) is 0 Å². The summed E-state index contributed by atoms with van der Waals surface area (Å²) in [6.45, 7) is 0. The van der Waals surface area contributed by atoms with E-state index in [0.29, 0.717) is 0 Å². The van der Waals surface area contributed by atoms with Crippen LogP contribution in [-0.2, 0) is 10.8 Å². The van der Waals surface area contributed by atoms with E-state index in [0.717, 1.165) is 95.7 Å². The lowest BCUT2D eigenvalue weighted by molar-refractivity contribution is 0.436. The lowest BCUT2D eigenvalue weighted by Crippen LogP contribution is -2.32. The predicted molar refractivity (Wildman–Crippen MR) is 338 cm³/mol. The molecule has 0 fully saturated rings. The molecule has 2 aliphatic heterocycles. The molecule has 2 aliphatic carbocycles. The van der Waals surface area contributed by atoms with Crippen molar-refractivity contribution in [1.29, 1.82) is 0 Å². The minimum absolute atomic E-state index is 0.588. The number of para-hydroxylation sites is 6. The van der Waals surface area contributed by atoms with Gasteiger partial charge in [0.25, 0.3) is 0 Å². The van der Waals surface area contributed by atoms with Crippen LogP contribution in [0.3, 0.4) is 0 Å². The Kier molecular flexibility index (Phi) is 10.4. The Morgan fingerprint density at radius 1 is 0.205 bits per heavy atom. The SMILES string of the molecule is c1ccc(-c2ccc(-c3ccccc3N(c3cccc(-c4ccc5c(c4)C4(c6ccccc6Oc6ccccc64)c4ccccc4-5)c3)c3ccccc3-c3ccc4c(c3)C3(c5ccccc5Oc5ccccc53)c3ccccc3-4)cc2)cc1. The van der Waals surface area contributed by atoms with Crippen LogP contribution in [0.4, 0.5) is 17.1 Å². The number of hydrogen-bond acceptors (Lipinski definition) is 3. The van der Waals surface area contributed by atoms with Gasteiger partial charge in [-0.3, -0.25) is 0 Å². The van der Waals surface area contributed by atoms with E-state index in [4.69, 9.17) is 9.47 Å². The molecule has 0 aromatic heterocycles. The average Bonchev–Trinajstić information content (AvgIpc) is 2.14. The number of fused-ring (bicyclic) bond motifs is 18. The lowest BCUT2D eigenvalue weighted by Gasteiger charge is -2.39. The molecule has 0 radical (unpaired) electrons. The van der Waals surface area contributed by atoms with Crippen molar-refractivity contribution in [3.63, 3.8) is 0 Å². The Bertz CT molecular complexity index is 4670. The van der Waals surface area contributed by atoms with Crippen molar-refractivity contribution in [1.82, 2.24) is 0 Å². The fraction of sp³-hybridized carbons (Fsp3) is 0.0250. The second kappa shape index (κ2) is 18.4. The predicted octanol–water partition coefficient (Wildman–Crippen LogP) is 20.8. The van der Waals surface area contributed by atoms with Crippen molar-refractivity contribution in [2.45, 2.75) is 10.8 Å². The van der Waals surface area contributed by atoms with E-state index in [2.05, 4.69) is 314 Å². The third-order valence-electron chi connectivity index (χ3n) is 18.0. The summed E-state index contributed by atoms with van der Waals surface area (Å²) in [6.07, 6.45) is 0. The van der Waals surface area contributed by atoms with Crippen molar-refractivity contribution in [3.8, 4) is 89.8 Å². The third kappa shape index (κ3) is 6.86. The first kappa shape index (κ1) is 47.1. The Morgan fingerprint density at radius 2 is 0.542 bits per heavy atom. The number of nitrogens with zero attached hydrogens (tertiary/aromatic N) is 1. The smallest absolute Gasteiger partial charge is 0.132 e. The molecule has 388 valence electrons. The first-order valence-electron chi connectivity index (χ1n) is 28.6. The molecule has 13 aromatic carbocycles. The topological polar surface area (TPSA) is 21.7 Å². The van der Waals surface area contributed by atoms with E-state index in [1.165, 1.54) is 55.6 Å². The van der Waals surface area contributed by atoms with Crippen LogP contribution in [0, 0.1) is 0 Å². The molecule has 3 heteroatoms. The molecule has 0 unspecified atom stereocenters. The summed E-state index contributed by atoms with van der Waals surface area (Å²) in [6, 6.07) is 113. The molecular formula is C80H51NO2. The molecule has 13 aromatic rings. The monoisotopic (exact) mass is 1060 g/mol. The van der Waals surface area contributed by atoms with Gasteiger partial charge in [0.15, 0.2) is 0 Å². The highest BCUT2D eigenvalue weighted by Gasteiger charge is 2.52. The Hall–Kier alpha value is -10.7. The molecule has 0 N–H and O–H groups in total. The van der Waals surface area contributed by atoms with E-state index in [9.17, 15) is 0 Å². The van der Waals surface area contributed by atoms with Gasteiger partial charge in [0.2, 0.25) is 0 Å². The zero-order valence-corrected chi connectivity index (χ0v) is 45.2. The summed E-state index contributed by atoms with van der Waals surface area (Å²) in [7, 11) is 0. The molecule has 0 saturated carbocycles. The Labute approximate surface area is 483 Å². The molecule has 0 saturated heterocycles. The maximum absolute atomic E-state index is 6.76.